The molecule has 0 aliphatic carbocycles. The van der Waals surface area contributed by atoms with Crippen LogP contribution in [0.3, 0.4) is 0 Å². The summed E-state index contributed by atoms with van der Waals surface area (Å²) in [7, 11) is 0. The summed E-state index contributed by atoms with van der Waals surface area (Å²) >= 11 is 1.10. The van der Waals surface area contributed by atoms with Crippen LogP contribution in [0.5, 0.6) is 5.75 Å². The van der Waals surface area contributed by atoms with Crippen molar-refractivity contribution in [3.8, 4) is 5.75 Å². The Bertz CT molecular complexity index is 440. The number of alkyl halides is 2. The summed E-state index contributed by atoms with van der Waals surface area (Å²) < 4.78 is 28.7. The van der Waals surface area contributed by atoms with E-state index in [0.29, 0.717) is 12.5 Å². The molecule has 0 spiro atoms. The van der Waals surface area contributed by atoms with Crippen LogP contribution in [-0.2, 0) is 0 Å². The van der Waals surface area contributed by atoms with Gasteiger partial charge in [-0.3, -0.25) is 4.79 Å². The number of nitrogens with one attached hydrogen (secondary N) is 2. The molecule has 21 heavy (non-hydrogen) atoms. The Morgan fingerprint density at radius 1 is 1.57 bits per heavy atom. The Balaban J connectivity index is 0.00000220. The Morgan fingerprint density at radius 2 is 2.38 bits per heavy atom. The number of halogens is 3. The van der Waals surface area contributed by atoms with E-state index < -0.39 is 6.61 Å². The second-order valence-electron chi connectivity index (χ2n) is 4.75. The van der Waals surface area contributed by atoms with Gasteiger partial charge in [-0.25, -0.2) is 0 Å². The molecule has 8 heteroatoms. The van der Waals surface area contributed by atoms with Crippen molar-refractivity contribution in [2.45, 2.75) is 25.9 Å². The number of ether oxygens (including phenoxy) is 1. The zero-order valence-electron chi connectivity index (χ0n) is 11.4. The highest BCUT2D eigenvalue weighted by Crippen LogP contribution is 2.26. The van der Waals surface area contributed by atoms with Gasteiger partial charge in [-0.2, -0.15) is 8.78 Å². The van der Waals surface area contributed by atoms with Gasteiger partial charge in [0.1, 0.15) is 10.6 Å². The maximum Gasteiger partial charge on any atom is 0.387 e. The Kier molecular flexibility index (Phi) is 7.92. The molecule has 0 radical (unpaired) electrons. The third kappa shape index (κ3) is 5.76. The number of rotatable bonds is 6. The summed E-state index contributed by atoms with van der Waals surface area (Å²) in [5.74, 6) is 0.172. The SMILES string of the molecule is Cl.O=C(NCCC1CCCNC1)c1sccc1OC(F)F. The van der Waals surface area contributed by atoms with Gasteiger partial charge in [0.15, 0.2) is 0 Å². The first-order valence-corrected chi connectivity index (χ1v) is 7.56. The van der Waals surface area contributed by atoms with E-state index >= 15 is 0 Å². The van der Waals surface area contributed by atoms with Crippen LogP contribution in [-0.4, -0.2) is 32.2 Å². The quantitative estimate of drug-likeness (QED) is 0.837. The van der Waals surface area contributed by atoms with Gasteiger partial charge >= 0.3 is 6.61 Å². The second-order valence-corrected chi connectivity index (χ2v) is 5.67. The average Bonchev–Trinajstić information content (AvgIpc) is 2.87. The average molecular weight is 341 g/mol. The van der Waals surface area contributed by atoms with Crippen molar-refractivity contribution in [2.24, 2.45) is 5.92 Å². The summed E-state index contributed by atoms with van der Waals surface area (Å²) in [6, 6.07) is 1.39. The number of hydrogen-bond acceptors (Lipinski definition) is 4. The second kappa shape index (κ2) is 9.17. The molecule has 1 aliphatic heterocycles. The van der Waals surface area contributed by atoms with Crippen LogP contribution >= 0.6 is 23.7 Å². The molecule has 1 fully saturated rings. The minimum absolute atomic E-state index is 0. The van der Waals surface area contributed by atoms with E-state index in [-0.39, 0.29) is 28.9 Å². The molecule has 1 amide bonds. The summed E-state index contributed by atoms with van der Waals surface area (Å²) in [6.45, 7) is -0.317. The zero-order chi connectivity index (χ0) is 14.4. The summed E-state index contributed by atoms with van der Waals surface area (Å²) in [4.78, 5) is 12.1. The van der Waals surface area contributed by atoms with Crippen molar-refractivity contribution in [3.05, 3.63) is 16.3 Å². The molecule has 120 valence electrons. The maximum absolute atomic E-state index is 12.2. The number of hydrogen-bond donors (Lipinski definition) is 2. The molecule has 0 saturated carbocycles. The molecular weight excluding hydrogens is 322 g/mol. The van der Waals surface area contributed by atoms with Crippen molar-refractivity contribution >= 4 is 29.7 Å². The van der Waals surface area contributed by atoms with Gasteiger partial charge in [-0.15, -0.1) is 23.7 Å². The molecule has 1 unspecified atom stereocenters. The fourth-order valence-electron chi connectivity index (χ4n) is 2.29. The third-order valence-electron chi connectivity index (χ3n) is 3.29. The van der Waals surface area contributed by atoms with E-state index in [1.807, 2.05) is 0 Å². The highest BCUT2D eigenvalue weighted by atomic mass is 35.5. The predicted molar refractivity (Wildman–Crippen MR) is 80.7 cm³/mol. The normalized spacial score (nSPS) is 18.1. The van der Waals surface area contributed by atoms with Crippen LogP contribution in [0.4, 0.5) is 8.78 Å². The first-order chi connectivity index (χ1) is 9.66. The number of carbonyl (C=O) groups is 1. The van der Waals surface area contributed by atoms with E-state index in [1.165, 1.54) is 12.5 Å². The summed E-state index contributed by atoms with van der Waals surface area (Å²) in [5.41, 5.74) is 0. The molecular formula is C13H19ClF2N2O2S. The molecule has 1 aromatic heterocycles. The summed E-state index contributed by atoms with van der Waals surface area (Å²) in [5, 5.41) is 7.65. The highest BCUT2D eigenvalue weighted by molar-refractivity contribution is 7.12. The number of carbonyl (C=O) groups excluding carboxylic acids is 1. The van der Waals surface area contributed by atoms with Gasteiger partial charge in [0, 0.05) is 6.54 Å². The Labute approximate surface area is 132 Å². The van der Waals surface area contributed by atoms with Crippen LogP contribution in [0.1, 0.15) is 28.9 Å². The summed E-state index contributed by atoms with van der Waals surface area (Å²) in [6.07, 6.45) is 3.23. The van der Waals surface area contributed by atoms with Crippen LogP contribution in [0.2, 0.25) is 0 Å². The molecule has 2 heterocycles. The van der Waals surface area contributed by atoms with Crippen molar-refractivity contribution in [1.82, 2.24) is 10.6 Å². The first kappa shape index (κ1) is 18.1. The third-order valence-corrected chi connectivity index (χ3v) is 4.18. The van der Waals surface area contributed by atoms with E-state index in [4.69, 9.17) is 0 Å². The molecule has 1 saturated heterocycles. The van der Waals surface area contributed by atoms with Gasteiger partial charge in [0.05, 0.1) is 0 Å². The van der Waals surface area contributed by atoms with Gasteiger partial charge in [-0.1, -0.05) is 0 Å². The number of thiophene rings is 1. The fourth-order valence-corrected chi connectivity index (χ4v) is 3.03. The van der Waals surface area contributed by atoms with Crippen molar-refractivity contribution in [2.75, 3.05) is 19.6 Å². The van der Waals surface area contributed by atoms with Crippen molar-refractivity contribution < 1.29 is 18.3 Å². The molecule has 1 aromatic rings. The molecule has 1 atom stereocenters. The Morgan fingerprint density at radius 3 is 3.05 bits per heavy atom. The maximum atomic E-state index is 12.2. The van der Waals surface area contributed by atoms with Gasteiger partial charge in [0.2, 0.25) is 0 Å². The standard InChI is InChI=1S/C13H18F2N2O2S.ClH/c14-13(15)19-10-4-7-20-11(10)12(18)17-6-3-9-2-1-5-16-8-9;/h4,7,9,13,16H,1-3,5-6,8H2,(H,17,18);1H. The molecule has 1 aliphatic rings. The predicted octanol–water partition coefficient (Wildman–Crippen LogP) is 2.89. The van der Waals surface area contributed by atoms with Gasteiger partial charge in [0.25, 0.3) is 5.91 Å². The van der Waals surface area contributed by atoms with Crippen LogP contribution in [0, 0.1) is 5.92 Å². The highest BCUT2D eigenvalue weighted by Gasteiger charge is 2.18. The monoisotopic (exact) mass is 340 g/mol. The number of amides is 1. The molecule has 4 nitrogen and oxygen atoms in total. The van der Waals surface area contributed by atoms with Crippen LogP contribution < -0.4 is 15.4 Å². The Hall–Kier alpha value is -0.920. The van der Waals surface area contributed by atoms with Crippen molar-refractivity contribution in [3.63, 3.8) is 0 Å². The van der Waals surface area contributed by atoms with Crippen LogP contribution in [0.25, 0.3) is 0 Å². The van der Waals surface area contributed by atoms with E-state index in [0.717, 1.165) is 37.3 Å². The van der Waals surface area contributed by atoms with Crippen LogP contribution in [0.15, 0.2) is 11.4 Å². The largest absolute Gasteiger partial charge is 0.433 e. The van der Waals surface area contributed by atoms with Gasteiger partial charge < -0.3 is 15.4 Å². The van der Waals surface area contributed by atoms with E-state index in [9.17, 15) is 13.6 Å². The van der Waals surface area contributed by atoms with Gasteiger partial charge in [-0.05, 0) is 49.7 Å². The number of piperidine rings is 1. The first-order valence-electron chi connectivity index (χ1n) is 6.68. The molecule has 2 rings (SSSR count). The molecule has 2 N–H and O–H groups in total. The lowest BCUT2D eigenvalue weighted by atomic mass is 9.96. The van der Waals surface area contributed by atoms with Crippen molar-refractivity contribution in [1.29, 1.82) is 0 Å². The van der Waals surface area contributed by atoms with E-state index in [1.54, 1.807) is 5.38 Å². The molecule has 0 aromatic carbocycles. The minimum Gasteiger partial charge on any atom is -0.433 e. The lowest BCUT2D eigenvalue weighted by Gasteiger charge is -2.22. The fraction of sp³-hybridized carbons (Fsp3) is 0.615. The topological polar surface area (TPSA) is 50.4 Å². The minimum atomic E-state index is -2.91. The molecule has 0 bridgehead atoms. The smallest absolute Gasteiger partial charge is 0.387 e. The zero-order valence-corrected chi connectivity index (χ0v) is 13.1. The van der Waals surface area contributed by atoms with E-state index in [2.05, 4.69) is 15.4 Å². The lowest BCUT2D eigenvalue weighted by Crippen LogP contribution is -2.33. The lowest BCUT2D eigenvalue weighted by molar-refractivity contribution is -0.0498.